The summed E-state index contributed by atoms with van der Waals surface area (Å²) in [6.45, 7) is 1.17. The first-order chi connectivity index (χ1) is 8.86. The molecule has 0 fully saturated rings. The third-order valence-electron chi connectivity index (χ3n) is 2.38. The molecule has 0 aliphatic carbocycles. The summed E-state index contributed by atoms with van der Waals surface area (Å²) in [4.78, 5) is 11.4. The van der Waals surface area contributed by atoms with Gasteiger partial charge in [0.1, 0.15) is 6.61 Å². The van der Waals surface area contributed by atoms with Crippen molar-refractivity contribution in [3.05, 3.63) is 60.4 Å². The highest BCUT2D eigenvalue weighted by atomic mass is 16.6. The molecule has 0 saturated heterocycles. The van der Waals surface area contributed by atoms with Crippen molar-refractivity contribution in [1.82, 2.24) is 4.57 Å². The number of hydrogen-bond donors (Lipinski definition) is 0. The molecule has 1 heterocycles. The van der Waals surface area contributed by atoms with Crippen LogP contribution in [-0.2, 0) is 16.1 Å². The van der Waals surface area contributed by atoms with Crippen LogP contribution < -0.4 is 0 Å². The summed E-state index contributed by atoms with van der Waals surface area (Å²) in [6, 6.07) is 13.4. The summed E-state index contributed by atoms with van der Waals surface area (Å²) in [5.41, 5.74) is 1.11. The Morgan fingerprint density at radius 3 is 2.44 bits per heavy atom. The second kappa shape index (κ2) is 6.61. The molecule has 0 N–H and O–H groups in total. The molecule has 0 aliphatic rings. The number of aromatic nitrogens is 1. The average molecular weight is 245 g/mol. The van der Waals surface area contributed by atoms with E-state index in [2.05, 4.69) is 0 Å². The Morgan fingerprint density at radius 1 is 1.00 bits per heavy atom. The van der Waals surface area contributed by atoms with Crippen LogP contribution in [0.2, 0.25) is 0 Å². The number of ether oxygens (including phenoxy) is 2. The minimum absolute atomic E-state index is 0.254. The maximum Gasteiger partial charge on any atom is 0.418 e. The van der Waals surface area contributed by atoms with Crippen LogP contribution in [0.4, 0.5) is 4.79 Å². The number of nitrogens with zero attached hydrogens (tertiary/aromatic N) is 1. The zero-order chi connectivity index (χ0) is 12.6. The second-order valence-electron chi connectivity index (χ2n) is 3.74. The summed E-state index contributed by atoms with van der Waals surface area (Å²) in [5.74, 6) is 0. The van der Waals surface area contributed by atoms with Crippen LogP contribution >= 0.6 is 0 Å². The number of carbonyl (C=O) groups excluding carboxylic acids is 1. The lowest BCUT2D eigenvalue weighted by Gasteiger charge is -2.06. The highest BCUT2D eigenvalue weighted by molar-refractivity contribution is 5.70. The third-order valence-corrected chi connectivity index (χ3v) is 2.38. The van der Waals surface area contributed by atoms with Gasteiger partial charge in [-0.15, -0.1) is 0 Å². The lowest BCUT2D eigenvalue weighted by molar-refractivity contribution is 0.0653. The van der Waals surface area contributed by atoms with E-state index in [1.807, 2.05) is 30.3 Å². The Kier molecular flexibility index (Phi) is 4.55. The van der Waals surface area contributed by atoms with Crippen LogP contribution in [0.1, 0.15) is 5.56 Å². The Hall–Kier alpha value is -2.07. The van der Waals surface area contributed by atoms with Crippen molar-refractivity contribution < 1.29 is 14.3 Å². The van der Waals surface area contributed by atoms with Gasteiger partial charge >= 0.3 is 6.09 Å². The zero-order valence-electron chi connectivity index (χ0n) is 9.99. The molecule has 0 aliphatic heterocycles. The summed E-state index contributed by atoms with van der Waals surface area (Å²) < 4.78 is 11.8. The fourth-order valence-electron chi connectivity index (χ4n) is 1.48. The van der Waals surface area contributed by atoms with E-state index in [-0.39, 0.29) is 12.7 Å². The maximum atomic E-state index is 11.4. The predicted molar refractivity (Wildman–Crippen MR) is 67.3 cm³/mol. The quantitative estimate of drug-likeness (QED) is 0.760. The van der Waals surface area contributed by atoms with Gasteiger partial charge in [0.25, 0.3) is 0 Å². The summed E-state index contributed by atoms with van der Waals surface area (Å²) >= 11 is 0. The van der Waals surface area contributed by atoms with E-state index >= 15 is 0 Å². The van der Waals surface area contributed by atoms with E-state index in [0.717, 1.165) is 5.56 Å². The molecule has 0 amide bonds. The molecule has 4 heteroatoms. The van der Waals surface area contributed by atoms with Crippen molar-refractivity contribution in [1.29, 1.82) is 0 Å². The van der Waals surface area contributed by atoms with Gasteiger partial charge in [-0.1, -0.05) is 30.3 Å². The van der Waals surface area contributed by atoms with E-state index < -0.39 is 0 Å². The maximum absolute atomic E-state index is 11.4. The lowest BCUT2D eigenvalue weighted by Crippen LogP contribution is -2.15. The number of carbonyl (C=O) groups is 1. The lowest BCUT2D eigenvalue weighted by atomic mass is 10.2. The van der Waals surface area contributed by atoms with Gasteiger partial charge in [0, 0.05) is 12.4 Å². The van der Waals surface area contributed by atoms with E-state index in [1.54, 1.807) is 24.5 Å². The van der Waals surface area contributed by atoms with E-state index in [1.165, 1.54) is 4.57 Å². The predicted octanol–water partition coefficient (Wildman–Crippen LogP) is 2.69. The second-order valence-corrected chi connectivity index (χ2v) is 3.74. The van der Waals surface area contributed by atoms with Crippen LogP contribution in [0, 0.1) is 0 Å². The SMILES string of the molecule is O=C(OCCOCc1ccccc1)n1cccc1. The van der Waals surface area contributed by atoms with Gasteiger partial charge in [-0.2, -0.15) is 0 Å². The fourth-order valence-corrected chi connectivity index (χ4v) is 1.48. The van der Waals surface area contributed by atoms with Crippen LogP contribution in [0.25, 0.3) is 0 Å². The molecule has 0 radical (unpaired) electrons. The van der Waals surface area contributed by atoms with Gasteiger partial charge in [-0.25, -0.2) is 4.79 Å². The van der Waals surface area contributed by atoms with Gasteiger partial charge < -0.3 is 9.47 Å². The standard InChI is InChI=1S/C14H15NO3/c16-14(15-8-4-5-9-15)18-11-10-17-12-13-6-2-1-3-7-13/h1-9H,10-12H2. The Morgan fingerprint density at radius 2 is 1.72 bits per heavy atom. The van der Waals surface area contributed by atoms with Crippen molar-refractivity contribution in [2.24, 2.45) is 0 Å². The minimum atomic E-state index is -0.386. The smallest absolute Gasteiger partial charge is 0.418 e. The Labute approximate surface area is 106 Å². The number of benzene rings is 1. The molecule has 0 spiro atoms. The Balaban J connectivity index is 1.61. The van der Waals surface area contributed by atoms with Crippen molar-refractivity contribution in [2.75, 3.05) is 13.2 Å². The number of rotatable bonds is 5. The average Bonchev–Trinajstić information content (AvgIpc) is 2.93. The molecule has 0 atom stereocenters. The van der Waals surface area contributed by atoms with Gasteiger partial charge in [0.2, 0.25) is 0 Å². The fraction of sp³-hybridized carbons (Fsp3) is 0.214. The number of hydrogen-bond acceptors (Lipinski definition) is 3. The topological polar surface area (TPSA) is 40.5 Å². The normalized spacial score (nSPS) is 10.2. The summed E-state index contributed by atoms with van der Waals surface area (Å²) in [5, 5.41) is 0. The molecule has 1 aromatic carbocycles. The molecule has 0 saturated carbocycles. The molecule has 2 rings (SSSR count). The molecule has 1 aromatic heterocycles. The van der Waals surface area contributed by atoms with Crippen LogP contribution in [0.3, 0.4) is 0 Å². The van der Waals surface area contributed by atoms with E-state index in [4.69, 9.17) is 9.47 Å². The highest BCUT2D eigenvalue weighted by Crippen LogP contribution is 2.00. The molecule has 18 heavy (non-hydrogen) atoms. The minimum Gasteiger partial charge on any atom is -0.446 e. The van der Waals surface area contributed by atoms with Gasteiger partial charge in [0.05, 0.1) is 13.2 Å². The molecule has 2 aromatic rings. The van der Waals surface area contributed by atoms with Crippen LogP contribution in [0.5, 0.6) is 0 Å². The van der Waals surface area contributed by atoms with Crippen molar-refractivity contribution in [3.8, 4) is 0 Å². The largest absolute Gasteiger partial charge is 0.446 e. The molecule has 0 bridgehead atoms. The molecule has 4 nitrogen and oxygen atoms in total. The van der Waals surface area contributed by atoms with Gasteiger partial charge in [-0.05, 0) is 17.7 Å². The zero-order valence-corrected chi connectivity index (χ0v) is 9.99. The molecular weight excluding hydrogens is 230 g/mol. The van der Waals surface area contributed by atoms with Gasteiger partial charge in [0.15, 0.2) is 0 Å². The van der Waals surface area contributed by atoms with Crippen molar-refractivity contribution in [3.63, 3.8) is 0 Å². The Bertz CT molecular complexity index is 465. The van der Waals surface area contributed by atoms with E-state index in [0.29, 0.717) is 13.2 Å². The molecule has 0 unspecified atom stereocenters. The molecule has 94 valence electrons. The van der Waals surface area contributed by atoms with Crippen molar-refractivity contribution in [2.45, 2.75) is 6.61 Å². The van der Waals surface area contributed by atoms with Crippen molar-refractivity contribution >= 4 is 6.09 Å². The van der Waals surface area contributed by atoms with E-state index in [9.17, 15) is 4.79 Å². The van der Waals surface area contributed by atoms with Gasteiger partial charge in [-0.3, -0.25) is 4.57 Å². The monoisotopic (exact) mass is 245 g/mol. The highest BCUT2D eigenvalue weighted by Gasteiger charge is 2.02. The van der Waals surface area contributed by atoms with Crippen LogP contribution in [-0.4, -0.2) is 23.9 Å². The molecular formula is C14H15NO3. The van der Waals surface area contributed by atoms with Crippen LogP contribution in [0.15, 0.2) is 54.9 Å². The first-order valence-electron chi connectivity index (χ1n) is 5.78. The first kappa shape index (κ1) is 12.4. The third kappa shape index (κ3) is 3.75. The first-order valence-corrected chi connectivity index (χ1v) is 5.78. The summed E-state index contributed by atoms with van der Waals surface area (Å²) in [7, 11) is 0. The summed E-state index contributed by atoms with van der Waals surface area (Å²) in [6.07, 6.45) is 2.91.